The molecule has 0 aliphatic carbocycles. The molecule has 0 spiro atoms. The van der Waals surface area contributed by atoms with Gasteiger partial charge in [-0.15, -0.1) is 0 Å². The molecule has 1 fully saturated rings. The lowest BCUT2D eigenvalue weighted by atomic mass is 10.2. The van der Waals surface area contributed by atoms with Crippen molar-refractivity contribution in [2.75, 3.05) is 54.0 Å². The molecule has 2 N–H and O–H groups in total. The Morgan fingerprint density at radius 1 is 1.31 bits per heavy atom. The Hall–Kier alpha value is -2.03. The molecule has 1 aliphatic heterocycles. The average molecular weight is 371 g/mol. The molecule has 0 radical (unpaired) electrons. The number of hydrogen-bond acceptors (Lipinski definition) is 5. The smallest absolute Gasteiger partial charge is 0.407 e. The Labute approximate surface area is 156 Å². The highest BCUT2D eigenvalue weighted by atomic mass is 16.6. The number of likely N-dealkylation sites (N-methyl/N-ethyl adjacent to an activating group) is 1. The van der Waals surface area contributed by atoms with Crippen molar-refractivity contribution < 1.29 is 19.1 Å². The summed E-state index contributed by atoms with van der Waals surface area (Å²) in [6.45, 7) is 8.03. The lowest BCUT2D eigenvalue weighted by molar-refractivity contribution is -0.127. The van der Waals surface area contributed by atoms with Gasteiger partial charge in [0.05, 0.1) is 12.6 Å². The number of rotatable bonds is 6. The van der Waals surface area contributed by atoms with Crippen LogP contribution in [0.3, 0.4) is 0 Å². The van der Waals surface area contributed by atoms with Crippen LogP contribution in [0.1, 0.15) is 27.2 Å². The van der Waals surface area contributed by atoms with E-state index in [0.29, 0.717) is 25.7 Å². The summed E-state index contributed by atoms with van der Waals surface area (Å²) in [5.41, 5.74) is -0.525. The molecule has 0 saturated carbocycles. The van der Waals surface area contributed by atoms with Gasteiger partial charge in [0.1, 0.15) is 12.1 Å². The van der Waals surface area contributed by atoms with E-state index >= 15 is 0 Å². The monoisotopic (exact) mass is 371 g/mol. The van der Waals surface area contributed by atoms with Gasteiger partial charge in [0.15, 0.2) is 5.96 Å². The summed E-state index contributed by atoms with van der Waals surface area (Å²) < 4.78 is 10.4. The predicted octanol–water partition coefficient (Wildman–Crippen LogP) is 0.266. The Morgan fingerprint density at radius 3 is 2.58 bits per heavy atom. The number of methoxy groups -OCH3 is 1. The number of hydrogen-bond donors (Lipinski definition) is 2. The molecule has 1 atom stereocenters. The SMILES string of the molecule is COCCNC(=NCC(=O)N(C)C)N1CCC(NC(=O)OC(C)(C)C)C1. The summed E-state index contributed by atoms with van der Waals surface area (Å²) in [5.74, 6) is 0.574. The number of amides is 2. The van der Waals surface area contributed by atoms with Crippen LogP contribution in [0, 0.1) is 0 Å². The van der Waals surface area contributed by atoms with E-state index in [-0.39, 0.29) is 18.5 Å². The summed E-state index contributed by atoms with van der Waals surface area (Å²) in [6, 6.07) is -0.0242. The van der Waals surface area contributed by atoms with Gasteiger partial charge in [-0.25, -0.2) is 9.79 Å². The third-order valence-electron chi connectivity index (χ3n) is 3.66. The Balaban J connectivity index is 2.63. The molecular weight excluding hydrogens is 338 g/mol. The largest absolute Gasteiger partial charge is 0.444 e. The number of nitrogens with zero attached hydrogens (tertiary/aromatic N) is 3. The second kappa shape index (κ2) is 10.2. The zero-order chi connectivity index (χ0) is 19.7. The molecule has 2 amide bonds. The molecule has 1 heterocycles. The molecule has 150 valence electrons. The average Bonchev–Trinajstić information content (AvgIpc) is 2.96. The third kappa shape index (κ3) is 8.37. The summed E-state index contributed by atoms with van der Waals surface area (Å²) in [4.78, 5) is 31.7. The fourth-order valence-corrected chi connectivity index (χ4v) is 2.36. The van der Waals surface area contributed by atoms with Crippen LogP contribution in [0.2, 0.25) is 0 Å². The Bertz CT molecular complexity index is 502. The molecule has 1 saturated heterocycles. The summed E-state index contributed by atoms with van der Waals surface area (Å²) >= 11 is 0. The Kier molecular flexibility index (Phi) is 8.64. The molecule has 1 aliphatic rings. The van der Waals surface area contributed by atoms with E-state index in [4.69, 9.17) is 9.47 Å². The zero-order valence-corrected chi connectivity index (χ0v) is 16.8. The molecule has 1 rings (SSSR count). The van der Waals surface area contributed by atoms with Gasteiger partial charge in [-0.05, 0) is 27.2 Å². The van der Waals surface area contributed by atoms with Crippen molar-refractivity contribution in [2.45, 2.75) is 38.8 Å². The molecule has 0 bridgehead atoms. The molecule has 26 heavy (non-hydrogen) atoms. The maximum Gasteiger partial charge on any atom is 0.407 e. The molecule has 0 aromatic carbocycles. The first-order chi connectivity index (χ1) is 12.1. The van der Waals surface area contributed by atoms with Gasteiger partial charge in [-0.2, -0.15) is 0 Å². The lowest BCUT2D eigenvalue weighted by Crippen LogP contribution is -2.45. The van der Waals surface area contributed by atoms with Crippen molar-refractivity contribution in [1.29, 1.82) is 0 Å². The van der Waals surface area contributed by atoms with Gasteiger partial charge >= 0.3 is 6.09 Å². The number of alkyl carbamates (subject to hydrolysis) is 1. The third-order valence-corrected chi connectivity index (χ3v) is 3.66. The van der Waals surface area contributed by atoms with Crippen molar-refractivity contribution in [3.8, 4) is 0 Å². The van der Waals surface area contributed by atoms with E-state index in [9.17, 15) is 9.59 Å². The number of carbonyl (C=O) groups is 2. The Morgan fingerprint density at radius 2 is 2.00 bits per heavy atom. The predicted molar refractivity (Wildman–Crippen MR) is 100 cm³/mol. The summed E-state index contributed by atoms with van der Waals surface area (Å²) in [5, 5.41) is 6.09. The second-order valence-corrected chi connectivity index (χ2v) is 7.43. The van der Waals surface area contributed by atoms with Crippen LogP contribution in [0.4, 0.5) is 4.79 Å². The number of likely N-dealkylation sites (tertiary alicyclic amines) is 1. The molecule has 0 aromatic heterocycles. The fourth-order valence-electron chi connectivity index (χ4n) is 2.36. The highest BCUT2D eigenvalue weighted by Crippen LogP contribution is 2.12. The van der Waals surface area contributed by atoms with E-state index < -0.39 is 11.7 Å². The van der Waals surface area contributed by atoms with Gasteiger partial charge in [0.25, 0.3) is 0 Å². The van der Waals surface area contributed by atoms with Crippen LogP contribution in [-0.2, 0) is 14.3 Å². The first-order valence-electron chi connectivity index (χ1n) is 8.84. The maximum atomic E-state index is 11.9. The maximum absolute atomic E-state index is 11.9. The molecule has 1 unspecified atom stereocenters. The van der Waals surface area contributed by atoms with E-state index in [1.165, 1.54) is 4.90 Å². The molecule has 0 aromatic rings. The van der Waals surface area contributed by atoms with Gasteiger partial charge in [0, 0.05) is 40.8 Å². The van der Waals surface area contributed by atoms with Crippen molar-refractivity contribution in [3.63, 3.8) is 0 Å². The van der Waals surface area contributed by atoms with Crippen LogP contribution < -0.4 is 10.6 Å². The van der Waals surface area contributed by atoms with Gasteiger partial charge in [-0.3, -0.25) is 4.79 Å². The van der Waals surface area contributed by atoms with Crippen molar-refractivity contribution in [1.82, 2.24) is 20.4 Å². The van der Waals surface area contributed by atoms with Crippen molar-refractivity contribution in [3.05, 3.63) is 0 Å². The van der Waals surface area contributed by atoms with Crippen LogP contribution in [0.15, 0.2) is 4.99 Å². The highest BCUT2D eigenvalue weighted by molar-refractivity contribution is 5.85. The van der Waals surface area contributed by atoms with Gasteiger partial charge < -0.3 is 29.9 Å². The number of carbonyl (C=O) groups excluding carboxylic acids is 2. The van der Waals surface area contributed by atoms with E-state index in [0.717, 1.165) is 13.0 Å². The van der Waals surface area contributed by atoms with Crippen LogP contribution in [0.5, 0.6) is 0 Å². The number of nitrogens with one attached hydrogen (secondary N) is 2. The second-order valence-electron chi connectivity index (χ2n) is 7.43. The first-order valence-corrected chi connectivity index (χ1v) is 8.84. The van der Waals surface area contributed by atoms with Gasteiger partial charge in [0.2, 0.25) is 5.91 Å². The normalized spacial score (nSPS) is 17.8. The minimum Gasteiger partial charge on any atom is -0.444 e. The molecule has 9 heteroatoms. The first kappa shape index (κ1) is 22.0. The van der Waals surface area contributed by atoms with Gasteiger partial charge in [-0.1, -0.05) is 0 Å². The minimum atomic E-state index is -0.525. The lowest BCUT2D eigenvalue weighted by Gasteiger charge is -2.23. The quantitative estimate of drug-likeness (QED) is 0.395. The van der Waals surface area contributed by atoms with Crippen molar-refractivity contribution in [2.24, 2.45) is 4.99 Å². The van der Waals surface area contributed by atoms with E-state index in [1.807, 2.05) is 25.7 Å². The topological polar surface area (TPSA) is 95.5 Å². The fraction of sp³-hybridized carbons (Fsp3) is 0.824. The van der Waals surface area contributed by atoms with E-state index in [2.05, 4.69) is 15.6 Å². The minimum absolute atomic E-state index is 0.0242. The summed E-state index contributed by atoms with van der Waals surface area (Å²) in [7, 11) is 5.03. The highest BCUT2D eigenvalue weighted by Gasteiger charge is 2.28. The zero-order valence-electron chi connectivity index (χ0n) is 16.8. The van der Waals surface area contributed by atoms with Crippen molar-refractivity contribution >= 4 is 18.0 Å². The van der Waals surface area contributed by atoms with E-state index in [1.54, 1.807) is 21.2 Å². The number of ether oxygens (including phenoxy) is 2. The number of aliphatic imine (C=N–C) groups is 1. The standard InChI is InChI=1S/C17H33N5O4/c1-17(2,3)26-16(24)20-13-7-9-22(12-13)15(18-8-10-25-6)19-11-14(23)21(4)5/h13H,7-12H2,1-6H3,(H,18,19)(H,20,24). The van der Waals surface area contributed by atoms with Crippen LogP contribution >= 0.6 is 0 Å². The summed E-state index contributed by atoms with van der Waals surface area (Å²) in [6.07, 6.45) is 0.365. The van der Waals surface area contributed by atoms with Crippen LogP contribution in [0.25, 0.3) is 0 Å². The number of guanidine groups is 1. The van der Waals surface area contributed by atoms with Crippen LogP contribution in [-0.4, -0.2) is 93.4 Å². The molecule has 9 nitrogen and oxygen atoms in total. The molecular formula is C17H33N5O4.